The number of carbonyl (C=O) groups excluding carboxylic acids is 1. The molecule has 0 aromatic carbocycles. The van der Waals surface area contributed by atoms with Crippen LogP contribution in [0.4, 0.5) is 0 Å². The van der Waals surface area contributed by atoms with Crippen molar-refractivity contribution in [1.29, 1.82) is 0 Å². The molecule has 0 atom stereocenters. The van der Waals surface area contributed by atoms with Gasteiger partial charge in [-0.15, -0.1) is 22.7 Å². The first-order chi connectivity index (χ1) is 10.3. The van der Waals surface area contributed by atoms with Crippen LogP contribution in [0, 0.1) is 0 Å². The number of nitrogens with one attached hydrogen (secondary N) is 1. The van der Waals surface area contributed by atoms with Crippen molar-refractivity contribution in [3.05, 3.63) is 38.0 Å². The van der Waals surface area contributed by atoms with Crippen LogP contribution in [-0.4, -0.2) is 17.4 Å². The van der Waals surface area contributed by atoms with Gasteiger partial charge >= 0.3 is 0 Å². The molecular formula is C16H20N2OS2. The molecule has 0 unspecified atom stereocenters. The minimum absolute atomic E-state index is 0.121. The molecule has 1 N–H and O–H groups in total. The van der Waals surface area contributed by atoms with Crippen LogP contribution < -0.4 is 5.32 Å². The maximum atomic E-state index is 11.8. The van der Waals surface area contributed by atoms with Gasteiger partial charge in [0.25, 0.3) is 0 Å². The lowest BCUT2D eigenvalue weighted by atomic mass is 10.0. The second-order valence-electron chi connectivity index (χ2n) is 5.39. The number of nitrogens with zero attached hydrogens (tertiary/aromatic N) is 1. The van der Waals surface area contributed by atoms with Crippen molar-refractivity contribution in [1.82, 2.24) is 10.3 Å². The van der Waals surface area contributed by atoms with Gasteiger partial charge in [-0.05, 0) is 43.6 Å². The van der Waals surface area contributed by atoms with Crippen molar-refractivity contribution in [3.8, 4) is 0 Å². The highest BCUT2D eigenvalue weighted by Gasteiger charge is 2.14. The molecule has 1 amide bonds. The monoisotopic (exact) mass is 320 g/mol. The van der Waals surface area contributed by atoms with E-state index in [0.717, 1.165) is 30.7 Å². The summed E-state index contributed by atoms with van der Waals surface area (Å²) < 4.78 is 0. The number of hydrogen-bond acceptors (Lipinski definition) is 4. The maximum Gasteiger partial charge on any atom is 0.225 e. The molecule has 0 aliphatic heterocycles. The van der Waals surface area contributed by atoms with Crippen LogP contribution in [0.3, 0.4) is 0 Å². The Balaban J connectivity index is 1.38. The lowest BCUT2D eigenvalue weighted by Gasteiger charge is -2.06. The normalized spacial score (nSPS) is 13.9. The van der Waals surface area contributed by atoms with E-state index in [-0.39, 0.29) is 5.91 Å². The van der Waals surface area contributed by atoms with Crippen LogP contribution >= 0.6 is 22.7 Å². The highest BCUT2D eigenvalue weighted by molar-refractivity contribution is 7.11. The molecule has 2 aromatic rings. The van der Waals surface area contributed by atoms with E-state index in [0.29, 0.717) is 6.42 Å². The lowest BCUT2D eigenvalue weighted by molar-refractivity contribution is -0.120. The zero-order chi connectivity index (χ0) is 14.5. The topological polar surface area (TPSA) is 42.0 Å². The predicted octanol–water partition coefficient (Wildman–Crippen LogP) is 3.37. The van der Waals surface area contributed by atoms with E-state index < -0.39 is 0 Å². The Bertz CT molecular complexity index is 566. The van der Waals surface area contributed by atoms with E-state index in [4.69, 9.17) is 4.98 Å². The van der Waals surface area contributed by atoms with Gasteiger partial charge in [0.05, 0.1) is 17.1 Å². The first-order valence-electron chi connectivity index (χ1n) is 7.58. The molecule has 0 radical (unpaired) electrons. The number of aryl methyl sites for hydroxylation is 3. The molecule has 0 fully saturated rings. The van der Waals surface area contributed by atoms with Gasteiger partial charge in [-0.3, -0.25) is 4.79 Å². The average molecular weight is 320 g/mol. The van der Waals surface area contributed by atoms with Gasteiger partial charge in [-0.2, -0.15) is 0 Å². The SMILES string of the molecule is O=C(Cc1cccs1)NCCCc1nc2c(s1)CCCC2. The summed E-state index contributed by atoms with van der Waals surface area (Å²) in [5.74, 6) is 0.121. The largest absolute Gasteiger partial charge is 0.356 e. The van der Waals surface area contributed by atoms with E-state index in [2.05, 4.69) is 5.32 Å². The summed E-state index contributed by atoms with van der Waals surface area (Å²) in [7, 11) is 0. The summed E-state index contributed by atoms with van der Waals surface area (Å²) >= 11 is 3.51. The summed E-state index contributed by atoms with van der Waals surface area (Å²) in [5, 5.41) is 6.25. The summed E-state index contributed by atoms with van der Waals surface area (Å²) in [4.78, 5) is 19.1. The Morgan fingerprint density at radius 1 is 1.33 bits per heavy atom. The van der Waals surface area contributed by atoms with Crippen LogP contribution in [0.1, 0.15) is 39.7 Å². The number of fused-ring (bicyclic) bond motifs is 1. The summed E-state index contributed by atoms with van der Waals surface area (Å²) in [6.07, 6.45) is 7.43. The quantitative estimate of drug-likeness (QED) is 0.829. The second kappa shape index (κ2) is 7.18. The standard InChI is InChI=1S/C16H20N2OS2/c19-15(11-12-5-4-10-20-12)17-9-3-8-16-18-13-6-1-2-7-14(13)21-16/h4-5,10H,1-3,6-9,11H2,(H,17,19). The van der Waals surface area contributed by atoms with Crippen molar-refractivity contribution in [2.24, 2.45) is 0 Å². The number of amides is 1. The Kier molecular flexibility index (Phi) is 5.04. The van der Waals surface area contributed by atoms with Crippen LogP contribution in [0.15, 0.2) is 17.5 Å². The molecule has 3 nitrogen and oxygen atoms in total. The van der Waals surface area contributed by atoms with Gasteiger partial charge in [0.1, 0.15) is 0 Å². The number of thiazole rings is 1. The molecule has 0 saturated heterocycles. The van der Waals surface area contributed by atoms with Crippen molar-refractivity contribution >= 4 is 28.6 Å². The van der Waals surface area contributed by atoms with E-state index in [1.165, 1.54) is 34.8 Å². The minimum Gasteiger partial charge on any atom is -0.356 e. The van der Waals surface area contributed by atoms with E-state index in [1.807, 2.05) is 28.8 Å². The lowest BCUT2D eigenvalue weighted by Crippen LogP contribution is -2.26. The fourth-order valence-electron chi connectivity index (χ4n) is 2.61. The predicted molar refractivity (Wildman–Crippen MR) is 88.1 cm³/mol. The Morgan fingerprint density at radius 2 is 2.24 bits per heavy atom. The molecule has 1 aliphatic carbocycles. The summed E-state index contributed by atoms with van der Waals surface area (Å²) in [6.45, 7) is 0.744. The van der Waals surface area contributed by atoms with Gasteiger partial charge in [0.15, 0.2) is 0 Å². The molecule has 1 aliphatic rings. The molecule has 0 spiro atoms. The summed E-state index contributed by atoms with van der Waals surface area (Å²) in [5.41, 5.74) is 1.34. The average Bonchev–Trinajstić information content (AvgIpc) is 3.12. The first kappa shape index (κ1) is 14.7. The molecule has 112 valence electrons. The molecule has 0 saturated carbocycles. The first-order valence-corrected chi connectivity index (χ1v) is 9.27. The molecule has 2 aromatic heterocycles. The zero-order valence-corrected chi connectivity index (χ0v) is 13.7. The third-order valence-electron chi connectivity index (χ3n) is 3.69. The fourth-order valence-corrected chi connectivity index (χ4v) is 4.52. The van der Waals surface area contributed by atoms with Crippen LogP contribution in [0.5, 0.6) is 0 Å². The third-order valence-corrected chi connectivity index (χ3v) is 5.79. The second-order valence-corrected chi connectivity index (χ2v) is 7.59. The third kappa shape index (κ3) is 4.14. The number of thiophene rings is 1. The van der Waals surface area contributed by atoms with E-state index in [9.17, 15) is 4.79 Å². The molecule has 21 heavy (non-hydrogen) atoms. The summed E-state index contributed by atoms with van der Waals surface area (Å²) in [6, 6.07) is 3.99. The van der Waals surface area contributed by atoms with Crippen LogP contribution in [-0.2, 0) is 30.5 Å². The maximum absolute atomic E-state index is 11.8. The van der Waals surface area contributed by atoms with Crippen LogP contribution in [0.2, 0.25) is 0 Å². The number of hydrogen-bond donors (Lipinski definition) is 1. The minimum atomic E-state index is 0.121. The fraction of sp³-hybridized carbons (Fsp3) is 0.500. The van der Waals surface area contributed by atoms with E-state index >= 15 is 0 Å². The van der Waals surface area contributed by atoms with Crippen molar-refractivity contribution in [2.45, 2.75) is 44.9 Å². The zero-order valence-electron chi connectivity index (χ0n) is 12.1. The molecular weight excluding hydrogens is 300 g/mol. The van der Waals surface area contributed by atoms with E-state index in [1.54, 1.807) is 11.3 Å². The highest BCUT2D eigenvalue weighted by Crippen LogP contribution is 2.27. The van der Waals surface area contributed by atoms with Gasteiger partial charge in [-0.1, -0.05) is 6.07 Å². The van der Waals surface area contributed by atoms with Gasteiger partial charge < -0.3 is 5.32 Å². The Labute approximate surface area is 133 Å². The van der Waals surface area contributed by atoms with Gasteiger partial charge in [0.2, 0.25) is 5.91 Å². The van der Waals surface area contributed by atoms with Gasteiger partial charge in [-0.25, -0.2) is 4.98 Å². The Morgan fingerprint density at radius 3 is 3.05 bits per heavy atom. The van der Waals surface area contributed by atoms with Gasteiger partial charge in [0, 0.05) is 22.7 Å². The number of aromatic nitrogens is 1. The molecule has 3 rings (SSSR count). The Hall–Kier alpha value is -1.20. The number of rotatable bonds is 6. The molecule has 2 heterocycles. The highest BCUT2D eigenvalue weighted by atomic mass is 32.1. The smallest absolute Gasteiger partial charge is 0.225 e. The van der Waals surface area contributed by atoms with Crippen molar-refractivity contribution in [3.63, 3.8) is 0 Å². The molecule has 0 bridgehead atoms. The van der Waals surface area contributed by atoms with Crippen molar-refractivity contribution < 1.29 is 4.79 Å². The number of carbonyl (C=O) groups is 1. The van der Waals surface area contributed by atoms with Crippen LogP contribution in [0.25, 0.3) is 0 Å². The molecule has 5 heteroatoms. The van der Waals surface area contributed by atoms with Crippen molar-refractivity contribution in [2.75, 3.05) is 6.54 Å².